The van der Waals surface area contributed by atoms with Gasteiger partial charge in [0.2, 0.25) is 0 Å². The molecular formula is C27H29FO5. The lowest BCUT2D eigenvalue weighted by Crippen LogP contribution is -2.06. The van der Waals surface area contributed by atoms with Gasteiger partial charge < -0.3 is 19.7 Å². The van der Waals surface area contributed by atoms with Gasteiger partial charge in [0.25, 0.3) is 0 Å². The highest BCUT2D eigenvalue weighted by Crippen LogP contribution is 2.32. The van der Waals surface area contributed by atoms with Gasteiger partial charge in [0.1, 0.15) is 23.9 Å². The van der Waals surface area contributed by atoms with Crippen molar-refractivity contribution in [3.63, 3.8) is 0 Å². The second kappa shape index (κ2) is 11.0. The van der Waals surface area contributed by atoms with Crippen molar-refractivity contribution >= 4 is 5.97 Å². The highest BCUT2D eigenvalue weighted by molar-refractivity contribution is 5.70. The molecule has 0 aliphatic rings. The third-order valence-electron chi connectivity index (χ3n) is 5.28. The minimum Gasteiger partial charge on any atom is -0.497 e. The molecule has 2 N–H and O–H groups in total. The van der Waals surface area contributed by atoms with Gasteiger partial charge in [0, 0.05) is 5.56 Å². The van der Waals surface area contributed by atoms with Crippen molar-refractivity contribution in [3.8, 4) is 22.6 Å². The fourth-order valence-corrected chi connectivity index (χ4v) is 3.71. The number of hydrogen-bond donors (Lipinski definition) is 2. The summed E-state index contributed by atoms with van der Waals surface area (Å²) in [5, 5.41) is 18.9. The molecule has 0 aliphatic carbocycles. The lowest BCUT2D eigenvalue weighted by molar-refractivity contribution is -0.139. The first-order valence-electron chi connectivity index (χ1n) is 10.8. The van der Waals surface area contributed by atoms with Crippen LogP contribution in [0, 0.1) is 11.7 Å². The van der Waals surface area contributed by atoms with Gasteiger partial charge in [-0.15, -0.1) is 0 Å². The van der Waals surface area contributed by atoms with Gasteiger partial charge in [0.15, 0.2) is 0 Å². The van der Waals surface area contributed by atoms with Crippen LogP contribution in [0.25, 0.3) is 11.1 Å². The molecule has 0 saturated carbocycles. The monoisotopic (exact) mass is 452 g/mol. The first-order valence-corrected chi connectivity index (χ1v) is 10.8. The Morgan fingerprint density at radius 1 is 1.00 bits per heavy atom. The minimum absolute atomic E-state index is 0.282. The van der Waals surface area contributed by atoms with Crippen molar-refractivity contribution in [2.24, 2.45) is 5.92 Å². The lowest BCUT2D eigenvalue weighted by atomic mass is 9.92. The van der Waals surface area contributed by atoms with Gasteiger partial charge in [-0.3, -0.25) is 4.79 Å². The average molecular weight is 453 g/mol. The predicted molar refractivity (Wildman–Crippen MR) is 125 cm³/mol. The molecule has 0 spiro atoms. The van der Waals surface area contributed by atoms with E-state index in [-0.39, 0.29) is 18.8 Å². The zero-order valence-electron chi connectivity index (χ0n) is 19.0. The van der Waals surface area contributed by atoms with Crippen LogP contribution in [0.3, 0.4) is 0 Å². The average Bonchev–Trinajstić information content (AvgIpc) is 2.78. The molecule has 0 unspecified atom stereocenters. The molecule has 3 aromatic carbocycles. The van der Waals surface area contributed by atoms with Crippen LogP contribution in [0.15, 0.2) is 60.7 Å². The maximum Gasteiger partial charge on any atom is 0.306 e. The normalized spacial score (nSPS) is 11.9. The van der Waals surface area contributed by atoms with Crippen LogP contribution in [-0.4, -0.2) is 23.3 Å². The Hall–Kier alpha value is -3.38. The molecule has 33 heavy (non-hydrogen) atoms. The summed E-state index contributed by atoms with van der Waals surface area (Å²) in [6.07, 6.45) is -0.693. The summed E-state index contributed by atoms with van der Waals surface area (Å²) in [7, 11) is 1.56. The molecule has 174 valence electrons. The Morgan fingerprint density at radius 2 is 1.79 bits per heavy atom. The summed E-state index contributed by atoms with van der Waals surface area (Å²) < 4.78 is 25.8. The van der Waals surface area contributed by atoms with Crippen LogP contribution >= 0.6 is 0 Å². The third kappa shape index (κ3) is 6.56. The molecule has 0 amide bonds. The molecule has 0 aliphatic heterocycles. The second-order valence-corrected chi connectivity index (χ2v) is 8.41. The van der Waals surface area contributed by atoms with Crippen molar-refractivity contribution < 1.29 is 28.9 Å². The number of halogens is 1. The van der Waals surface area contributed by atoms with E-state index in [9.17, 15) is 14.3 Å². The smallest absolute Gasteiger partial charge is 0.306 e. The quantitative estimate of drug-likeness (QED) is 0.407. The zero-order chi connectivity index (χ0) is 24.0. The molecule has 0 saturated heterocycles. The van der Waals surface area contributed by atoms with E-state index in [0.29, 0.717) is 28.5 Å². The summed E-state index contributed by atoms with van der Waals surface area (Å²) in [4.78, 5) is 10.9. The predicted octanol–water partition coefficient (Wildman–Crippen LogP) is 5.79. The maximum absolute atomic E-state index is 14.6. The molecule has 0 aromatic heterocycles. The summed E-state index contributed by atoms with van der Waals surface area (Å²) in [5.74, 6) is 0.131. The number of hydrogen-bond acceptors (Lipinski definition) is 4. The van der Waals surface area contributed by atoms with Crippen molar-refractivity contribution in [3.05, 3.63) is 83.2 Å². The summed E-state index contributed by atoms with van der Waals surface area (Å²) in [6, 6.07) is 17.3. The first-order chi connectivity index (χ1) is 15.8. The molecule has 3 aromatic rings. The SMILES string of the molecule is COc1ccc(F)c(-c2ccc(COc3cccc([C@H](O)CC(=O)O)c3)cc2CC(C)C)c1. The molecule has 0 radical (unpaired) electrons. The van der Waals surface area contributed by atoms with Gasteiger partial charge in [-0.1, -0.05) is 44.2 Å². The highest BCUT2D eigenvalue weighted by Gasteiger charge is 2.15. The van der Waals surface area contributed by atoms with Crippen molar-refractivity contribution in [2.45, 2.75) is 39.4 Å². The highest BCUT2D eigenvalue weighted by atomic mass is 19.1. The molecule has 5 nitrogen and oxygen atoms in total. The van der Waals surface area contributed by atoms with E-state index in [4.69, 9.17) is 14.6 Å². The molecule has 1 atom stereocenters. The number of aliphatic hydroxyl groups is 1. The number of carboxylic acids is 1. The van der Waals surface area contributed by atoms with Crippen molar-refractivity contribution in [1.29, 1.82) is 0 Å². The summed E-state index contributed by atoms with van der Waals surface area (Å²) >= 11 is 0. The van der Waals surface area contributed by atoms with Crippen LogP contribution in [0.5, 0.6) is 11.5 Å². The van der Waals surface area contributed by atoms with Crippen LogP contribution in [0.1, 0.15) is 43.1 Å². The van der Waals surface area contributed by atoms with Crippen LogP contribution in [-0.2, 0) is 17.8 Å². The van der Waals surface area contributed by atoms with E-state index in [0.717, 1.165) is 23.1 Å². The Bertz CT molecular complexity index is 1110. The number of methoxy groups -OCH3 is 1. The Balaban J connectivity index is 1.83. The fraction of sp³-hybridized carbons (Fsp3) is 0.296. The van der Waals surface area contributed by atoms with Crippen molar-refractivity contribution in [1.82, 2.24) is 0 Å². The zero-order valence-corrected chi connectivity index (χ0v) is 19.0. The number of benzene rings is 3. The van der Waals surface area contributed by atoms with Gasteiger partial charge in [0.05, 0.1) is 19.6 Å². The van der Waals surface area contributed by atoms with E-state index < -0.39 is 12.1 Å². The molecule has 6 heteroatoms. The van der Waals surface area contributed by atoms with Gasteiger partial charge >= 0.3 is 5.97 Å². The minimum atomic E-state index is -1.10. The number of aliphatic hydroxyl groups excluding tert-OH is 1. The topological polar surface area (TPSA) is 76.0 Å². The van der Waals surface area contributed by atoms with E-state index in [1.54, 1.807) is 43.5 Å². The number of aliphatic carboxylic acids is 1. The standard InChI is InChI=1S/C27H29FO5/c1-17(2)11-20-12-18(7-9-23(20)24-14-21(32-3)8-10-25(24)28)16-33-22-6-4-5-19(13-22)26(29)15-27(30)31/h4-10,12-14,17,26,29H,11,15-16H2,1-3H3,(H,30,31)/t26-/m1/s1. The Morgan fingerprint density at radius 3 is 2.48 bits per heavy atom. The lowest BCUT2D eigenvalue weighted by Gasteiger charge is -2.16. The van der Waals surface area contributed by atoms with Crippen LogP contribution in [0.2, 0.25) is 0 Å². The second-order valence-electron chi connectivity index (χ2n) is 8.41. The first kappa shape index (κ1) is 24.3. The molecule has 0 heterocycles. The van der Waals surface area contributed by atoms with E-state index in [1.165, 1.54) is 6.07 Å². The number of carbonyl (C=O) groups is 1. The van der Waals surface area contributed by atoms with E-state index in [2.05, 4.69) is 13.8 Å². The van der Waals surface area contributed by atoms with Gasteiger partial charge in [-0.25, -0.2) is 4.39 Å². The molecule has 3 rings (SSSR count). The number of carboxylic acid groups (broad SMARTS) is 1. The Labute approximate surface area is 193 Å². The largest absolute Gasteiger partial charge is 0.497 e. The summed E-state index contributed by atoms with van der Waals surface area (Å²) in [5.41, 5.74) is 3.75. The van der Waals surface area contributed by atoms with Crippen molar-refractivity contribution in [2.75, 3.05) is 7.11 Å². The third-order valence-corrected chi connectivity index (χ3v) is 5.28. The molecule has 0 bridgehead atoms. The maximum atomic E-state index is 14.6. The van der Waals surface area contributed by atoms with Crippen LogP contribution in [0.4, 0.5) is 4.39 Å². The number of ether oxygens (including phenoxy) is 2. The fourth-order valence-electron chi connectivity index (χ4n) is 3.71. The van der Waals surface area contributed by atoms with Crippen LogP contribution < -0.4 is 9.47 Å². The van der Waals surface area contributed by atoms with E-state index >= 15 is 0 Å². The molecular weight excluding hydrogens is 423 g/mol. The van der Waals surface area contributed by atoms with Gasteiger partial charge in [-0.05, 0) is 64.9 Å². The Kier molecular flexibility index (Phi) is 8.06. The van der Waals surface area contributed by atoms with E-state index in [1.807, 2.05) is 18.2 Å². The molecule has 0 fully saturated rings. The number of rotatable bonds is 10. The summed E-state index contributed by atoms with van der Waals surface area (Å²) in [6.45, 7) is 4.51. The van der Waals surface area contributed by atoms with Gasteiger partial charge in [-0.2, -0.15) is 0 Å².